The first kappa shape index (κ1) is 24.1. The van der Waals surface area contributed by atoms with E-state index in [4.69, 9.17) is 4.74 Å². The second-order valence-electron chi connectivity index (χ2n) is 7.30. The van der Waals surface area contributed by atoms with E-state index >= 15 is 0 Å². The van der Waals surface area contributed by atoms with Crippen LogP contribution < -0.4 is 15.4 Å². The van der Waals surface area contributed by atoms with Crippen LogP contribution >= 0.6 is 0 Å². The van der Waals surface area contributed by atoms with Crippen molar-refractivity contribution >= 4 is 15.8 Å². The molecule has 0 radical (unpaired) electrons. The minimum absolute atomic E-state index is 0.0678. The highest BCUT2D eigenvalue weighted by atomic mass is 32.2. The van der Waals surface area contributed by atoms with Gasteiger partial charge in [-0.2, -0.15) is 13.2 Å². The molecule has 0 aliphatic carbocycles. The van der Waals surface area contributed by atoms with E-state index < -0.39 is 27.4 Å². The maximum Gasteiger partial charge on any atom is 0.422 e. The first-order valence-corrected chi connectivity index (χ1v) is 10.4. The molecule has 0 saturated carbocycles. The van der Waals surface area contributed by atoms with Gasteiger partial charge in [-0.3, -0.25) is 4.99 Å². The number of hydrogen-bond donors (Lipinski definition) is 2. The lowest BCUT2D eigenvalue weighted by atomic mass is 10.1. The molecule has 1 aromatic rings. The first-order valence-electron chi connectivity index (χ1n) is 8.71. The molecule has 0 aromatic heterocycles. The van der Waals surface area contributed by atoms with Crippen molar-refractivity contribution in [1.29, 1.82) is 0 Å². The van der Waals surface area contributed by atoms with Gasteiger partial charge >= 0.3 is 6.18 Å². The Labute approximate surface area is 164 Å². The van der Waals surface area contributed by atoms with Crippen LogP contribution in [0.2, 0.25) is 0 Å². The number of aryl methyl sites for hydroxylation is 1. The largest absolute Gasteiger partial charge is 0.484 e. The molecule has 0 bridgehead atoms. The fourth-order valence-corrected chi connectivity index (χ4v) is 3.09. The highest BCUT2D eigenvalue weighted by molar-refractivity contribution is 7.92. The maximum atomic E-state index is 12.4. The summed E-state index contributed by atoms with van der Waals surface area (Å²) in [5.74, 6) is 0.406. The molecule has 6 nitrogen and oxygen atoms in total. The van der Waals surface area contributed by atoms with Gasteiger partial charge in [-0.1, -0.05) is 12.1 Å². The van der Waals surface area contributed by atoms with Gasteiger partial charge in [-0.15, -0.1) is 0 Å². The Hall–Kier alpha value is -1.97. The Morgan fingerprint density at radius 3 is 2.36 bits per heavy atom. The van der Waals surface area contributed by atoms with E-state index in [1.165, 1.54) is 13.1 Å². The van der Waals surface area contributed by atoms with E-state index in [9.17, 15) is 21.6 Å². The maximum absolute atomic E-state index is 12.4. The van der Waals surface area contributed by atoms with Gasteiger partial charge < -0.3 is 15.4 Å². The summed E-state index contributed by atoms with van der Waals surface area (Å²) in [6.45, 7) is 5.61. The topological polar surface area (TPSA) is 79.8 Å². The Balaban J connectivity index is 2.69. The minimum Gasteiger partial charge on any atom is -0.484 e. The van der Waals surface area contributed by atoms with Gasteiger partial charge in [-0.25, -0.2) is 8.42 Å². The normalized spacial score (nSPS) is 13.4. The highest BCUT2D eigenvalue weighted by Gasteiger charge is 2.29. The number of nitrogens with zero attached hydrogens (tertiary/aromatic N) is 1. The molecule has 0 heterocycles. The number of hydrogen-bond acceptors (Lipinski definition) is 4. The van der Waals surface area contributed by atoms with Crippen LogP contribution in [0.25, 0.3) is 0 Å². The van der Waals surface area contributed by atoms with E-state index in [-0.39, 0.29) is 24.6 Å². The predicted octanol–water partition coefficient (Wildman–Crippen LogP) is 2.81. The van der Waals surface area contributed by atoms with Gasteiger partial charge in [0.05, 0.1) is 10.5 Å². The van der Waals surface area contributed by atoms with Crippen LogP contribution in [0.3, 0.4) is 0 Å². The Bertz CT molecular complexity index is 785. The minimum atomic E-state index is -4.43. The molecule has 0 saturated heterocycles. The summed E-state index contributed by atoms with van der Waals surface area (Å²) in [4.78, 5) is 4.00. The molecule has 0 fully saturated rings. The molecule has 1 aromatic carbocycles. The number of nitrogens with one attached hydrogen (secondary N) is 2. The second kappa shape index (κ2) is 9.49. The number of halogens is 3. The van der Waals surface area contributed by atoms with Crippen LogP contribution in [0, 0.1) is 6.92 Å². The lowest BCUT2D eigenvalue weighted by molar-refractivity contribution is -0.153. The predicted molar refractivity (Wildman–Crippen MR) is 104 cm³/mol. The van der Waals surface area contributed by atoms with Crippen LogP contribution in [-0.4, -0.2) is 51.3 Å². The van der Waals surface area contributed by atoms with Crippen LogP contribution in [0.15, 0.2) is 23.2 Å². The zero-order chi connectivity index (χ0) is 21.6. The lowest BCUT2D eigenvalue weighted by Gasteiger charge is -2.20. The van der Waals surface area contributed by atoms with E-state index in [1.807, 2.05) is 0 Å². The molecular weight excluding hydrogens is 395 g/mol. The Kier molecular flexibility index (Phi) is 8.16. The fraction of sp³-hybridized carbons (Fsp3) is 0.611. The summed E-state index contributed by atoms with van der Waals surface area (Å²) in [5, 5.41) is 5.84. The third kappa shape index (κ3) is 7.95. The highest BCUT2D eigenvalue weighted by Crippen LogP contribution is 2.23. The summed E-state index contributed by atoms with van der Waals surface area (Å²) in [5.41, 5.74) is 1.30. The molecule has 10 heteroatoms. The summed E-state index contributed by atoms with van der Waals surface area (Å²) in [6, 6.07) is 4.98. The van der Waals surface area contributed by atoms with Crippen molar-refractivity contribution in [3.8, 4) is 5.75 Å². The lowest BCUT2D eigenvalue weighted by Crippen LogP contribution is -2.41. The zero-order valence-corrected chi connectivity index (χ0v) is 17.6. The quantitative estimate of drug-likeness (QED) is 0.521. The van der Waals surface area contributed by atoms with Crippen molar-refractivity contribution in [3.05, 3.63) is 29.3 Å². The van der Waals surface area contributed by atoms with Gasteiger partial charge in [0.2, 0.25) is 0 Å². The summed E-state index contributed by atoms with van der Waals surface area (Å²) >= 11 is 0. The average Bonchev–Trinajstić information content (AvgIpc) is 2.55. The molecule has 0 aliphatic rings. The van der Waals surface area contributed by atoms with Gasteiger partial charge in [0.1, 0.15) is 5.75 Å². The monoisotopic (exact) mass is 423 g/mol. The first-order chi connectivity index (χ1) is 12.7. The van der Waals surface area contributed by atoms with Crippen LogP contribution in [0.5, 0.6) is 5.75 Å². The molecule has 0 spiro atoms. The SMILES string of the molecule is CN=C(NCCS(=O)(=O)C(C)(C)C)NCc1ccc(C)cc1OCC(F)(F)F. The Morgan fingerprint density at radius 1 is 1.18 bits per heavy atom. The number of sulfone groups is 1. The number of aliphatic imine (C=N–C) groups is 1. The van der Waals surface area contributed by atoms with Gasteiger partial charge in [-0.05, 0) is 39.3 Å². The van der Waals surface area contributed by atoms with Gasteiger partial charge in [0.15, 0.2) is 22.4 Å². The summed E-state index contributed by atoms with van der Waals surface area (Å²) in [6.07, 6.45) is -4.43. The number of benzene rings is 1. The van der Waals surface area contributed by atoms with E-state index in [0.29, 0.717) is 11.5 Å². The van der Waals surface area contributed by atoms with Crippen molar-refractivity contribution in [3.63, 3.8) is 0 Å². The molecule has 0 atom stereocenters. The standard InChI is InChI=1S/C18H28F3N3O3S/c1-13-6-7-14(15(10-13)27-12-18(19,20)21)11-24-16(22-5)23-8-9-28(25,26)17(2,3)4/h6-7,10H,8-9,11-12H2,1-5H3,(H2,22,23,24). The smallest absolute Gasteiger partial charge is 0.422 e. The Morgan fingerprint density at radius 2 is 1.82 bits per heavy atom. The summed E-state index contributed by atoms with van der Waals surface area (Å²) < 4.78 is 65.6. The zero-order valence-electron chi connectivity index (χ0n) is 16.8. The molecule has 0 aliphatic heterocycles. The van der Waals surface area contributed by atoms with Crippen LogP contribution in [0.4, 0.5) is 13.2 Å². The molecule has 1 rings (SSSR count). The molecule has 160 valence electrons. The van der Waals surface area contributed by atoms with Crippen molar-refractivity contribution in [1.82, 2.24) is 10.6 Å². The molecule has 28 heavy (non-hydrogen) atoms. The second-order valence-corrected chi connectivity index (χ2v) is 10.2. The third-order valence-electron chi connectivity index (χ3n) is 3.88. The van der Waals surface area contributed by atoms with Crippen LogP contribution in [-0.2, 0) is 16.4 Å². The van der Waals surface area contributed by atoms with E-state index in [0.717, 1.165) is 5.56 Å². The van der Waals surface area contributed by atoms with Gasteiger partial charge in [0.25, 0.3) is 0 Å². The fourth-order valence-electron chi connectivity index (χ4n) is 2.11. The molecule has 0 unspecified atom stereocenters. The van der Waals surface area contributed by atoms with E-state index in [1.54, 1.807) is 39.8 Å². The van der Waals surface area contributed by atoms with E-state index in [2.05, 4.69) is 15.6 Å². The van der Waals surface area contributed by atoms with Crippen LogP contribution in [0.1, 0.15) is 31.9 Å². The number of rotatable bonds is 7. The third-order valence-corrected chi connectivity index (χ3v) is 6.49. The summed E-state index contributed by atoms with van der Waals surface area (Å²) in [7, 11) is -1.76. The number of alkyl halides is 3. The van der Waals surface area contributed by atoms with Crippen molar-refractivity contribution in [2.24, 2.45) is 4.99 Å². The van der Waals surface area contributed by atoms with Crippen molar-refractivity contribution in [2.75, 3.05) is 26.0 Å². The molecule has 2 N–H and O–H groups in total. The molecule has 0 amide bonds. The average molecular weight is 424 g/mol. The number of guanidine groups is 1. The van der Waals surface area contributed by atoms with Crippen molar-refractivity contribution in [2.45, 2.75) is 45.2 Å². The number of ether oxygens (including phenoxy) is 1. The van der Waals surface area contributed by atoms with Crippen molar-refractivity contribution < 1.29 is 26.3 Å². The molecular formula is C18H28F3N3O3S. The van der Waals surface area contributed by atoms with Gasteiger partial charge in [0, 0.05) is 25.7 Å².